The van der Waals surface area contributed by atoms with Crippen molar-refractivity contribution in [3.8, 4) is 6.07 Å². The Labute approximate surface area is 57.9 Å². The summed E-state index contributed by atoms with van der Waals surface area (Å²) in [7, 11) is 0. The van der Waals surface area contributed by atoms with Crippen LogP contribution >= 0.6 is 0 Å². The highest BCUT2D eigenvalue weighted by molar-refractivity contribution is 5.28. The van der Waals surface area contributed by atoms with Gasteiger partial charge in [0.15, 0.2) is 0 Å². The number of hydrogen-bond acceptors (Lipinski definition) is 2. The Balaban J connectivity index is 3.47. The molecule has 1 heterocycles. The highest BCUT2D eigenvalue weighted by Crippen LogP contribution is 1.88. The second kappa shape index (κ2) is 2.36. The summed E-state index contributed by atoms with van der Waals surface area (Å²) in [5.41, 5.74) is 0.542. The molecule has 0 spiro atoms. The fraction of sp³-hybridized carbons (Fsp3) is 0.143. The van der Waals surface area contributed by atoms with Crippen molar-refractivity contribution in [3.05, 3.63) is 33.7 Å². The highest BCUT2D eigenvalue weighted by Gasteiger charge is 1.97. The second-order valence-corrected chi connectivity index (χ2v) is 1.99. The summed E-state index contributed by atoms with van der Waals surface area (Å²) in [6, 6.07) is 1.79. The van der Waals surface area contributed by atoms with E-state index in [9.17, 15) is 4.79 Å². The molecule has 0 bridgehead atoms. The lowest BCUT2D eigenvalue weighted by Gasteiger charge is -1.89. The SMILES string of the molecule is Cc1c[nH]cc(C#N)c1=O. The van der Waals surface area contributed by atoms with Gasteiger partial charge in [0.1, 0.15) is 11.6 Å². The molecule has 1 aromatic rings. The Hall–Kier alpha value is -1.56. The first-order chi connectivity index (χ1) is 4.75. The Kier molecular flexibility index (Phi) is 1.55. The number of hydrogen-bond donors (Lipinski definition) is 1. The zero-order chi connectivity index (χ0) is 7.56. The Bertz CT molecular complexity index is 332. The van der Waals surface area contributed by atoms with Gasteiger partial charge in [0.05, 0.1) is 0 Å². The van der Waals surface area contributed by atoms with E-state index in [0.717, 1.165) is 0 Å². The summed E-state index contributed by atoms with van der Waals surface area (Å²) in [4.78, 5) is 13.7. The molecule has 0 aromatic carbocycles. The minimum Gasteiger partial charge on any atom is -0.366 e. The first-order valence-corrected chi connectivity index (χ1v) is 2.83. The van der Waals surface area contributed by atoms with Crippen LogP contribution < -0.4 is 5.43 Å². The van der Waals surface area contributed by atoms with Crippen molar-refractivity contribution < 1.29 is 0 Å². The Morgan fingerprint density at radius 2 is 2.30 bits per heavy atom. The number of aromatic amines is 1. The quantitative estimate of drug-likeness (QED) is 0.563. The average Bonchev–Trinajstić information content (AvgIpc) is 1.95. The molecule has 0 unspecified atom stereocenters. The van der Waals surface area contributed by atoms with E-state index in [-0.39, 0.29) is 11.0 Å². The topological polar surface area (TPSA) is 56.6 Å². The molecule has 3 nitrogen and oxygen atoms in total. The highest BCUT2D eigenvalue weighted by atomic mass is 16.1. The molecule has 1 rings (SSSR count). The lowest BCUT2D eigenvalue weighted by molar-refractivity contribution is 1.21. The summed E-state index contributed by atoms with van der Waals surface area (Å²) < 4.78 is 0. The third-order valence-corrected chi connectivity index (χ3v) is 1.25. The van der Waals surface area contributed by atoms with Gasteiger partial charge in [0.25, 0.3) is 0 Å². The van der Waals surface area contributed by atoms with E-state index < -0.39 is 0 Å². The molecule has 0 radical (unpaired) electrons. The van der Waals surface area contributed by atoms with Gasteiger partial charge in [-0.1, -0.05) is 0 Å². The fourth-order valence-electron chi connectivity index (χ4n) is 0.677. The zero-order valence-electron chi connectivity index (χ0n) is 5.51. The number of nitrogens with one attached hydrogen (secondary N) is 1. The van der Waals surface area contributed by atoms with Crippen LogP contribution in [0.1, 0.15) is 11.1 Å². The van der Waals surface area contributed by atoms with Gasteiger partial charge in [-0.25, -0.2) is 0 Å². The van der Waals surface area contributed by atoms with Crippen LogP contribution in [0.25, 0.3) is 0 Å². The third kappa shape index (κ3) is 0.914. The molecule has 0 aliphatic rings. The van der Waals surface area contributed by atoms with Crippen LogP contribution in [0.2, 0.25) is 0 Å². The second-order valence-electron chi connectivity index (χ2n) is 1.99. The molecule has 10 heavy (non-hydrogen) atoms. The number of nitriles is 1. The van der Waals surface area contributed by atoms with E-state index in [2.05, 4.69) is 4.98 Å². The van der Waals surface area contributed by atoms with E-state index in [1.54, 1.807) is 19.2 Å². The van der Waals surface area contributed by atoms with Crippen LogP contribution in [0, 0.1) is 18.3 Å². The minimum atomic E-state index is -0.193. The monoisotopic (exact) mass is 134 g/mol. The van der Waals surface area contributed by atoms with Crippen LogP contribution in [0.4, 0.5) is 0 Å². The molecule has 50 valence electrons. The molecule has 0 aliphatic heterocycles. The molecule has 0 aliphatic carbocycles. The molecule has 0 atom stereocenters. The van der Waals surface area contributed by atoms with E-state index in [1.165, 1.54) is 6.20 Å². The van der Waals surface area contributed by atoms with E-state index in [0.29, 0.717) is 5.56 Å². The molecule has 0 saturated heterocycles. The maximum Gasteiger partial charge on any atom is 0.202 e. The van der Waals surface area contributed by atoms with Crippen molar-refractivity contribution in [1.82, 2.24) is 4.98 Å². The van der Waals surface area contributed by atoms with Crippen molar-refractivity contribution in [2.45, 2.75) is 6.92 Å². The number of H-pyrrole nitrogens is 1. The van der Waals surface area contributed by atoms with Crippen LogP contribution in [0.15, 0.2) is 17.2 Å². The summed E-state index contributed by atoms with van der Waals surface area (Å²) in [6.07, 6.45) is 2.97. The molecule has 0 saturated carbocycles. The van der Waals surface area contributed by atoms with E-state index >= 15 is 0 Å². The largest absolute Gasteiger partial charge is 0.366 e. The zero-order valence-corrected chi connectivity index (χ0v) is 5.51. The molecule has 0 amide bonds. The average molecular weight is 134 g/mol. The molecule has 3 heteroatoms. The summed E-state index contributed by atoms with van der Waals surface area (Å²) >= 11 is 0. The molecular formula is C7H6N2O. The molecular weight excluding hydrogens is 128 g/mol. The van der Waals surface area contributed by atoms with Gasteiger partial charge in [0.2, 0.25) is 5.43 Å². The number of aromatic nitrogens is 1. The van der Waals surface area contributed by atoms with Gasteiger partial charge >= 0.3 is 0 Å². The number of rotatable bonds is 0. The smallest absolute Gasteiger partial charge is 0.202 e. The van der Waals surface area contributed by atoms with Crippen molar-refractivity contribution in [1.29, 1.82) is 5.26 Å². The van der Waals surface area contributed by atoms with Gasteiger partial charge in [-0.2, -0.15) is 5.26 Å². The predicted molar refractivity (Wildman–Crippen MR) is 36.5 cm³/mol. The number of nitrogens with zero attached hydrogens (tertiary/aromatic N) is 1. The van der Waals surface area contributed by atoms with Crippen molar-refractivity contribution in [3.63, 3.8) is 0 Å². The van der Waals surface area contributed by atoms with Gasteiger partial charge < -0.3 is 4.98 Å². The molecule has 1 aromatic heterocycles. The number of aryl methyl sites for hydroxylation is 1. The van der Waals surface area contributed by atoms with Gasteiger partial charge in [-0.15, -0.1) is 0 Å². The summed E-state index contributed by atoms with van der Waals surface area (Å²) in [5, 5.41) is 8.37. The fourth-order valence-corrected chi connectivity index (χ4v) is 0.677. The maximum absolute atomic E-state index is 11.0. The normalized spacial score (nSPS) is 8.80. The lowest BCUT2D eigenvalue weighted by atomic mass is 10.2. The van der Waals surface area contributed by atoms with Crippen LogP contribution in [-0.4, -0.2) is 4.98 Å². The Morgan fingerprint density at radius 1 is 1.60 bits per heavy atom. The van der Waals surface area contributed by atoms with Gasteiger partial charge in [0, 0.05) is 18.0 Å². The van der Waals surface area contributed by atoms with Crippen molar-refractivity contribution in [2.75, 3.05) is 0 Å². The standard InChI is InChI=1S/C7H6N2O/c1-5-3-9-4-6(2-8)7(5)10/h3-4H,1H3,(H,9,10). The molecule has 0 fully saturated rings. The molecule has 1 N–H and O–H groups in total. The Morgan fingerprint density at radius 3 is 2.80 bits per heavy atom. The van der Waals surface area contributed by atoms with Crippen LogP contribution in [0.5, 0.6) is 0 Å². The third-order valence-electron chi connectivity index (χ3n) is 1.25. The first-order valence-electron chi connectivity index (χ1n) is 2.83. The maximum atomic E-state index is 11.0. The van der Waals surface area contributed by atoms with Crippen LogP contribution in [-0.2, 0) is 0 Å². The van der Waals surface area contributed by atoms with E-state index in [4.69, 9.17) is 5.26 Å². The summed E-state index contributed by atoms with van der Waals surface area (Å²) in [6.45, 7) is 1.67. The predicted octanol–water partition coefficient (Wildman–Crippen LogP) is 0.555. The van der Waals surface area contributed by atoms with Crippen molar-refractivity contribution >= 4 is 0 Å². The lowest BCUT2D eigenvalue weighted by Crippen LogP contribution is -2.08. The van der Waals surface area contributed by atoms with Crippen LogP contribution in [0.3, 0.4) is 0 Å². The van der Waals surface area contributed by atoms with E-state index in [1.807, 2.05) is 0 Å². The minimum absolute atomic E-state index is 0.167. The first kappa shape index (κ1) is 6.56. The van der Waals surface area contributed by atoms with Crippen molar-refractivity contribution in [2.24, 2.45) is 0 Å². The van der Waals surface area contributed by atoms with Gasteiger partial charge in [-0.3, -0.25) is 4.79 Å². The van der Waals surface area contributed by atoms with Gasteiger partial charge in [-0.05, 0) is 6.92 Å². The summed E-state index contributed by atoms with van der Waals surface area (Å²) in [5.74, 6) is 0. The number of pyridine rings is 1.